The van der Waals surface area contributed by atoms with Crippen LogP contribution in [0.1, 0.15) is 5.56 Å². The van der Waals surface area contributed by atoms with Crippen molar-refractivity contribution in [1.82, 2.24) is 20.3 Å². The smallest absolute Gasteiger partial charge is 0.0877 e. The number of aromatic nitrogens is 3. The van der Waals surface area contributed by atoms with Crippen molar-refractivity contribution < 1.29 is 0 Å². The van der Waals surface area contributed by atoms with Gasteiger partial charge in [0.05, 0.1) is 18.9 Å². The fourth-order valence-corrected chi connectivity index (χ4v) is 2.28. The third kappa shape index (κ3) is 2.36. The lowest BCUT2D eigenvalue weighted by molar-refractivity contribution is 0.567. The van der Waals surface area contributed by atoms with Gasteiger partial charge in [0.15, 0.2) is 0 Å². The number of anilines is 1. The Morgan fingerprint density at radius 2 is 1.72 bits per heavy atom. The highest BCUT2D eigenvalue weighted by Gasteiger charge is 2.14. The molecule has 0 spiro atoms. The third-order valence-corrected chi connectivity index (χ3v) is 3.17. The molecule has 0 bridgehead atoms. The van der Waals surface area contributed by atoms with E-state index >= 15 is 0 Å². The highest BCUT2D eigenvalue weighted by molar-refractivity contribution is 5.54. The summed E-state index contributed by atoms with van der Waals surface area (Å²) in [7, 11) is 0. The van der Waals surface area contributed by atoms with Crippen LogP contribution in [0.25, 0.3) is 0 Å². The molecule has 2 heterocycles. The predicted octanol–water partition coefficient (Wildman–Crippen LogP) is 0.751. The molecule has 1 aromatic carbocycles. The molecule has 0 unspecified atom stereocenters. The molecule has 5 heteroatoms. The molecule has 0 amide bonds. The van der Waals surface area contributed by atoms with Gasteiger partial charge in [-0.2, -0.15) is 15.0 Å². The van der Waals surface area contributed by atoms with Crippen molar-refractivity contribution >= 4 is 5.69 Å². The van der Waals surface area contributed by atoms with Crippen molar-refractivity contribution in [1.29, 1.82) is 0 Å². The topological polar surface area (TPSA) is 48.1 Å². The van der Waals surface area contributed by atoms with Gasteiger partial charge in [0.1, 0.15) is 0 Å². The van der Waals surface area contributed by atoms with Crippen molar-refractivity contribution in [3.05, 3.63) is 42.2 Å². The molecule has 0 atom stereocenters. The minimum Gasteiger partial charge on any atom is -0.369 e. The molecule has 1 saturated heterocycles. The second kappa shape index (κ2) is 5.18. The largest absolute Gasteiger partial charge is 0.369 e. The number of hydrogen-bond acceptors (Lipinski definition) is 3. The van der Waals surface area contributed by atoms with Gasteiger partial charge in [-0.05, 0) is 11.6 Å². The maximum atomic E-state index is 4.39. The molecule has 1 aromatic heterocycles. The first kappa shape index (κ1) is 11.2. The van der Waals surface area contributed by atoms with Gasteiger partial charge in [-0.25, -0.2) is 5.32 Å². The summed E-state index contributed by atoms with van der Waals surface area (Å²) in [5.74, 6) is 0. The first-order valence-corrected chi connectivity index (χ1v) is 6.24. The molecule has 0 N–H and O–H groups in total. The Labute approximate surface area is 106 Å². The lowest BCUT2D eigenvalue weighted by Gasteiger charge is -2.30. The zero-order valence-corrected chi connectivity index (χ0v) is 10.2. The zero-order chi connectivity index (χ0) is 12.2. The van der Waals surface area contributed by atoms with Crippen molar-refractivity contribution in [3.8, 4) is 0 Å². The van der Waals surface area contributed by atoms with E-state index in [1.165, 1.54) is 11.3 Å². The maximum absolute atomic E-state index is 4.39. The van der Waals surface area contributed by atoms with E-state index in [1.807, 2.05) is 0 Å². The van der Waals surface area contributed by atoms with E-state index in [1.54, 1.807) is 17.2 Å². The van der Waals surface area contributed by atoms with Gasteiger partial charge in [0, 0.05) is 31.9 Å². The summed E-state index contributed by atoms with van der Waals surface area (Å²) >= 11 is 0. The van der Waals surface area contributed by atoms with Crippen LogP contribution >= 0.6 is 0 Å². The zero-order valence-electron chi connectivity index (χ0n) is 10.2. The van der Waals surface area contributed by atoms with Crippen LogP contribution in [-0.2, 0) is 6.54 Å². The van der Waals surface area contributed by atoms with Gasteiger partial charge in [-0.3, -0.25) is 0 Å². The molecule has 0 aliphatic carbocycles. The molecule has 5 nitrogen and oxygen atoms in total. The third-order valence-electron chi connectivity index (χ3n) is 3.17. The summed E-state index contributed by atoms with van der Waals surface area (Å²) in [4.78, 5) is 4.11. The molecule has 1 aliphatic rings. The quantitative estimate of drug-likeness (QED) is 0.798. The van der Waals surface area contributed by atoms with Crippen molar-refractivity contribution in [2.45, 2.75) is 6.54 Å². The van der Waals surface area contributed by atoms with Gasteiger partial charge in [-0.1, -0.05) is 18.2 Å². The summed E-state index contributed by atoms with van der Waals surface area (Å²) in [6.45, 7) is 4.58. The number of rotatable bonds is 3. The van der Waals surface area contributed by atoms with Crippen LogP contribution in [0.15, 0.2) is 36.7 Å². The summed E-state index contributed by atoms with van der Waals surface area (Å²) < 4.78 is 0. The molecule has 93 valence electrons. The van der Waals surface area contributed by atoms with Crippen molar-refractivity contribution in [3.63, 3.8) is 0 Å². The van der Waals surface area contributed by atoms with Crippen LogP contribution in [0.3, 0.4) is 0 Å². The van der Waals surface area contributed by atoms with E-state index in [-0.39, 0.29) is 0 Å². The SMILES string of the molecule is c1ccc(N2CC[N]CC2)c(Cn2nccn2)c1. The molecule has 18 heavy (non-hydrogen) atoms. The Morgan fingerprint density at radius 3 is 2.50 bits per heavy atom. The summed E-state index contributed by atoms with van der Waals surface area (Å²) in [6.07, 6.45) is 3.42. The monoisotopic (exact) mass is 242 g/mol. The molecular weight excluding hydrogens is 226 g/mol. The van der Waals surface area contributed by atoms with Crippen LogP contribution < -0.4 is 10.2 Å². The Hall–Kier alpha value is -1.88. The van der Waals surface area contributed by atoms with E-state index in [2.05, 4.69) is 44.7 Å². The summed E-state index contributed by atoms with van der Waals surface area (Å²) in [5, 5.41) is 12.7. The molecule has 1 aliphatic heterocycles. The van der Waals surface area contributed by atoms with Gasteiger partial charge in [0.25, 0.3) is 0 Å². The van der Waals surface area contributed by atoms with Crippen LogP contribution in [0.5, 0.6) is 0 Å². The van der Waals surface area contributed by atoms with Crippen LogP contribution in [0.4, 0.5) is 5.69 Å². The van der Waals surface area contributed by atoms with Gasteiger partial charge < -0.3 is 4.90 Å². The molecule has 2 aromatic rings. The van der Waals surface area contributed by atoms with Crippen LogP contribution in [-0.4, -0.2) is 41.2 Å². The van der Waals surface area contributed by atoms with Gasteiger partial charge >= 0.3 is 0 Å². The van der Waals surface area contributed by atoms with Gasteiger partial charge in [-0.15, -0.1) is 0 Å². The first-order chi connectivity index (χ1) is 8.93. The number of para-hydroxylation sites is 1. The van der Waals surface area contributed by atoms with E-state index in [9.17, 15) is 0 Å². The van der Waals surface area contributed by atoms with E-state index in [0.29, 0.717) is 0 Å². The van der Waals surface area contributed by atoms with Crippen LogP contribution in [0, 0.1) is 0 Å². The minimum absolute atomic E-state index is 0.719. The maximum Gasteiger partial charge on any atom is 0.0877 e. The molecular formula is C13H16N5. The second-order valence-corrected chi connectivity index (χ2v) is 4.35. The number of benzene rings is 1. The average molecular weight is 242 g/mol. The predicted molar refractivity (Wildman–Crippen MR) is 69.6 cm³/mol. The lowest BCUT2D eigenvalue weighted by atomic mass is 10.1. The normalized spacial score (nSPS) is 15.9. The molecule has 1 radical (unpaired) electrons. The van der Waals surface area contributed by atoms with E-state index < -0.39 is 0 Å². The average Bonchev–Trinajstić information content (AvgIpc) is 2.93. The number of piperazine rings is 1. The highest BCUT2D eigenvalue weighted by atomic mass is 15.5. The van der Waals surface area contributed by atoms with Crippen LogP contribution in [0.2, 0.25) is 0 Å². The lowest BCUT2D eigenvalue weighted by Crippen LogP contribution is -2.40. The first-order valence-electron chi connectivity index (χ1n) is 6.24. The summed E-state index contributed by atoms with van der Waals surface area (Å²) in [5.41, 5.74) is 2.54. The molecule has 1 fully saturated rings. The van der Waals surface area contributed by atoms with Gasteiger partial charge in [0.2, 0.25) is 0 Å². The van der Waals surface area contributed by atoms with E-state index in [0.717, 1.165) is 32.7 Å². The second-order valence-electron chi connectivity index (χ2n) is 4.35. The molecule has 3 rings (SSSR count). The minimum atomic E-state index is 0.719. The Balaban J connectivity index is 1.84. The standard InChI is InChI=1S/C13H16N5/c1-2-4-13(17-9-7-14-8-10-17)12(3-1)11-18-15-5-6-16-18/h1-6H,7-11H2. The fourth-order valence-electron chi connectivity index (χ4n) is 2.28. The van der Waals surface area contributed by atoms with Crippen molar-refractivity contribution in [2.24, 2.45) is 0 Å². The fraction of sp³-hybridized carbons (Fsp3) is 0.385. The highest BCUT2D eigenvalue weighted by Crippen LogP contribution is 2.21. The summed E-state index contributed by atoms with van der Waals surface area (Å²) in [6, 6.07) is 8.46. The number of hydrogen-bond donors (Lipinski definition) is 0. The Morgan fingerprint density at radius 1 is 1.00 bits per heavy atom. The number of nitrogens with zero attached hydrogens (tertiary/aromatic N) is 5. The Bertz CT molecular complexity index is 488. The molecule has 0 saturated carbocycles. The van der Waals surface area contributed by atoms with Crippen molar-refractivity contribution in [2.75, 3.05) is 31.1 Å². The van der Waals surface area contributed by atoms with E-state index in [4.69, 9.17) is 0 Å². The Kier molecular flexibility index (Phi) is 3.23.